The molecule has 2 aliphatic heterocycles. The molecule has 1 atom stereocenters. The third-order valence-electron chi connectivity index (χ3n) is 12.5. The van der Waals surface area contributed by atoms with Gasteiger partial charge in [-0.05, 0) is 129 Å². The normalized spacial score (nSPS) is 19.0. The largest absolute Gasteiger partial charge is 0.0901 e. The molecule has 4 aliphatic rings. The summed E-state index contributed by atoms with van der Waals surface area (Å²) >= 11 is 3.86. The Morgan fingerprint density at radius 2 is 1.27 bits per heavy atom. The van der Waals surface area contributed by atoms with Crippen LogP contribution in [0.3, 0.4) is 0 Å². The van der Waals surface area contributed by atoms with Gasteiger partial charge < -0.3 is 0 Å². The fourth-order valence-corrected chi connectivity index (χ4v) is 11.3. The second kappa shape index (κ2) is 16.6. The summed E-state index contributed by atoms with van der Waals surface area (Å²) in [5.41, 5.74) is 18.0. The standard InChI is InChI=1S/C30H36S.C28H24S/c1-19-15-21(28(2,3)4)17-24-26(19)31-27-23(20-13-11-10-12-14-20)16-22(29(5,6)7)18-25(27)30(24,8)9;1-20-8-10-23(11-9-20)24-15-17-28-27(19-24)25-13-12-22(14-16-26(18-25)29-28)21-6-4-2-3-5-7-21/h10-18H,1-9H3;2-4,6-12,14-19,25H,5,13H2,1H3/b;16-14-,22-12+. The van der Waals surface area contributed by atoms with E-state index in [2.05, 4.69) is 221 Å². The summed E-state index contributed by atoms with van der Waals surface area (Å²) in [5.74, 6) is 0.431. The molecule has 304 valence electrons. The second-order valence-corrected chi connectivity index (χ2v) is 21.6. The van der Waals surface area contributed by atoms with Crippen molar-refractivity contribution in [1.29, 1.82) is 0 Å². The number of fused-ring (bicyclic) bond motifs is 5. The Morgan fingerprint density at radius 3 is 1.98 bits per heavy atom. The molecule has 0 aromatic heterocycles. The molecular formula is C58H60S2. The van der Waals surface area contributed by atoms with Crippen LogP contribution in [-0.4, -0.2) is 0 Å². The van der Waals surface area contributed by atoms with Gasteiger partial charge in [0.1, 0.15) is 0 Å². The fraction of sp³-hybridized carbons (Fsp3) is 0.276. The lowest BCUT2D eigenvalue weighted by Gasteiger charge is -2.39. The maximum Gasteiger partial charge on any atom is 0.0242 e. The van der Waals surface area contributed by atoms with Gasteiger partial charge in [-0.1, -0.05) is 212 Å². The van der Waals surface area contributed by atoms with Crippen molar-refractivity contribution in [2.45, 2.75) is 119 Å². The highest BCUT2D eigenvalue weighted by atomic mass is 32.2. The zero-order valence-electron chi connectivity index (χ0n) is 37.2. The van der Waals surface area contributed by atoms with E-state index >= 15 is 0 Å². The molecule has 0 amide bonds. The molecule has 2 aliphatic carbocycles. The van der Waals surface area contributed by atoms with Gasteiger partial charge in [0.15, 0.2) is 0 Å². The maximum absolute atomic E-state index is 2.48. The maximum atomic E-state index is 2.48. The van der Waals surface area contributed by atoms with Crippen LogP contribution in [0.2, 0.25) is 0 Å². The highest BCUT2D eigenvalue weighted by Gasteiger charge is 2.37. The molecule has 60 heavy (non-hydrogen) atoms. The molecule has 1 unspecified atom stereocenters. The summed E-state index contributed by atoms with van der Waals surface area (Å²) in [6.45, 7) is 23.2. The van der Waals surface area contributed by atoms with Crippen LogP contribution in [-0.2, 0) is 16.2 Å². The lowest BCUT2D eigenvalue weighted by atomic mass is 9.72. The quantitative estimate of drug-likeness (QED) is 0.178. The van der Waals surface area contributed by atoms with Gasteiger partial charge in [-0.25, -0.2) is 0 Å². The Morgan fingerprint density at radius 1 is 0.600 bits per heavy atom. The summed E-state index contributed by atoms with van der Waals surface area (Å²) in [6, 6.07) is 36.5. The molecule has 0 radical (unpaired) electrons. The Hall–Kier alpha value is -4.76. The molecule has 2 heteroatoms. The highest BCUT2D eigenvalue weighted by Crippen LogP contribution is 2.55. The average molecular weight is 821 g/mol. The first-order valence-electron chi connectivity index (χ1n) is 21.7. The topological polar surface area (TPSA) is 0 Å². The van der Waals surface area contributed by atoms with Gasteiger partial charge in [-0.3, -0.25) is 0 Å². The van der Waals surface area contributed by atoms with E-state index in [-0.39, 0.29) is 16.2 Å². The summed E-state index contributed by atoms with van der Waals surface area (Å²) in [4.78, 5) is 5.60. The number of benzene rings is 5. The van der Waals surface area contributed by atoms with Gasteiger partial charge in [-0.15, -0.1) is 0 Å². The third-order valence-corrected chi connectivity index (χ3v) is 15.0. The molecule has 0 nitrogen and oxygen atoms in total. The zero-order valence-corrected chi connectivity index (χ0v) is 38.9. The van der Waals surface area contributed by atoms with Crippen molar-refractivity contribution in [1.82, 2.24) is 0 Å². The molecule has 5 aromatic carbocycles. The highest BCUT2D eigenvalue weighted by molar-refractivity contribution is 8.03. The van der Waals surface area contributed by atoms with Gasteiger partial charge in [0.05, 0.1) is 0 Å². The van der Waals surface area contributed by atoms with E-state index in [0.717, 1.165) is 12.8 Å². The molecule has 0 spiro atoms. The smallest absolute Gasteiger partial charge is 0.0242 e. The van der Waals surface area contributed by atoms with Crippen molar-refractivity contribution in [3.63, 3.8) is 0 Å². The molecule has 9 rings (SSSR count). The zero-order chi connectivity index (χ0) is 42.4. The third kappa shape index (κ3) is 8.70. The van der Waals surface area contributed by atoms with Crippen LogP contribution in [0.4, 0.5) is 0 Å². The predicted octanol–water partition coefficient (Wildman–Crippen LogP) is 17.1. The lowest BCUT2D eigenvalue weighted by molar-refractivity contribution is 0.563. The minimum atomic E-state index is -0.0489. The first-order chi connectivity index (χ1) is 28.6. The molecule has 2 bridgehead atoms. The van der Waals surface area contributed by atoms with Crippen molar-refractivity contribution in [2.24, 2.45) is 0 Å². The Balaban J connectivity index is 0.000000167. The minimum absolute atomic E-state index is 0.0489. The Bertz CT molecular complexity index is 2620. The first-order valence-corrected chi connectivity index (χ1v) is 23.3. The van der Waals surface area contributed by atoms with E-state index in [1.807, 2.05) is 23.5 Å². The summed E-state index contributed by atoms with van der Waals surface area (Å²) in [6.07, 6.45) is 22.5. The molecule has 0 fully saturated rings. The van der Waals surface area contributed by atoms with Crippen LogP contribution < -0.4 is 0 Å². The van der Waals surface area contributed by atoms with E-state index in [4.69, 9.17) is 0 Å². The Labute approximate surface area is 369 Å². The second-order valence-electron chi connectivity index (χ2n) is 19.5. The van der Waals surface area contributed by atoms with E-state index in [1.165, 1.54) is 91.9 Å². The van der Waals surface area contributed by atoms with E-state index in [0.29, 0.717) is 5.92 Å². The summed E-state index contributed by atoms with van der Waals surface area (Å²) in [5, 5.41) is 0. The van der Waals surface area contributed by atoms with Crippen LogP contribution in [0.1, 0.15) is 113 Å². The number of thioether (sulfide) groups is 1. The molecule has 2 heterocycles. The van der Waals surface area contributed by atoms with Gasteiger partial charge in [0.25, 0.3) is 0 Å². The summed E-state index contributed by atoms with van der Waals surface area (Å²) < 4.78 is 0. The number of allylic oxidation sites excluding steroid dienone is 11. The predicted molar refractivity (Wildman–Crippen MR) is 263 cm³/mol. The van der Waals surface area contributed by atoms with E-state index < -0.39 is 0 Å². The van der Waals surface area contributed by atoms with Gasteiger partial charge in [-0.2, -0.15) is 0 Å². The molecule has 0 saturated heterocycles. The fourth-order valence-electron chi connectivity index (χ4n) is 8.61. The SMILES string of the molecule is Cc1cc(C(C)(C)C)cc2c1Sc1c(-c3ccccc3)cc(C(C)(C)C)cc1C2(C)C.Cc1ccc(-c2ccc3c(c2)C2C=C(/C=C\C(C4=CCC=CC=C4)=C/C2)S3)cc1. The van der Waals surface area contributed by atoms with Crippen molar-refractivity contribution in [3.8, 4) is 22.3 Å². The minimum Gasteiger partial charge on any atom is -0.0901 e. The molecule has 0 N–H and O–H groups in total. The lowest BCUT2D eigenvalue weighted by Crippen LogP contribution is -2.27. The van der Waals surface area contributed by atoms with Gasteiger partial charge in [0, 0.05) is 30.9 Å². The van der Waals surface area contributed by atoms with Crippen LogP contribution in [0.5, 0.6) is 0 Å². The average Bonchev–Trinajstić information content (AvgIpc) is 3.50. The van der Waals surface area contributed by atoms with Crippen molar-refractivity contribution in [2.75, 3.05) is 0 Å². The van der Waals surface area contributed by atoms with E-state index in [1.54, 1.807) is 0 Å². The number of aryl methyl sites for hydroxylation is 2. The van der Waals surface area contributed by atoms with Crippen molar-refractivity contribution < 1.29 is 0 Å². The molecule has 5 aromatic rings. The van der Waals surface area contributed by atoms with Gasteiger partial charge >= 0.3 is 0 Å². The number of rotatable bonds is 3. The van der Waals surface area contributed by atoms with Gasteiger partial charge in [0.2, 0.25) is 0 Å². The Kier molecular flexibility index (Phi) is 11.6. The number of hydrogen-bond acceptors (Lipinski definition) is 2. The van der Waals surface area contributed by atoms with Crippen LogP contribution in [0.15, 0.2) is 182 Å². The van der Waals surface area contributed by atoms with Crippen LogP contribution in [0, 0.1) is 13.8 Å². The first kappa shape index (κ1) is 42.0. The summed E-state index contributed by atoms with van der Waals surface area (Å²) in [7, 11) is 0. The van der Waals surface area contributed by atoms with Crippen molar-refractivity contribution >= 4 is 23.5 Å². The van der Waals surface area contributed by atoms with E-state index in [9.17, 15) is 0 Å². The monoisotopic (exact) mass is 820 g/mol. The van der Waals surface area contributed by atoms with Crippen LogP contribution >= 0.6 is 23.5 Å². The number of hydrogen-bond donors (Lipinski definition) is 0. The van der Waals surface area contributed by atoms with Crippen molar-refractivity contribution in [3.05, 3.63) is 207 Å². The molecule has 0 saturated carbocycles. The van der Waals surface area contributed by atoms with Crippen LogP contribution in [0.25, 0.3) is 22.3 Å². The molecular weight excluding hydrogens is 761 g/mol.